The van der Waals surface area contributed by atoms with E-state index in [1.54, 1.807) is 19.2 Å². The van der Waals surface area contributed by atoms with Gasteiger partial charge in [-0.05, 0) is 38.0 Å². The minimum absolute atomic E-state index is 0.338. The molecule has 0 amide bonds. The SMILES string of the molecule is CCOC(=O)c1ccccc1Nc1nccc(NC2CCCCCC2)n1. The summed E-state index contributed by atoms with van der Waals surface area (Å²) < 4.78 is 5.11. The summed E-state index contributed by atoms with van der Waals surface area (Å²) in [5.41, 5.74) is 1.11. The normalized spacial score (nSPS) is 15.1. The van der Waals surface area contributed by atoms with Crippen molar-refractivity contribution in [3.63, 3.8) is 0 Å². The Kier molecular flexibility index (Phi) is 6.41. The van der Waals surface area contributed by atoms with E-state index in [2.05, 4.69) is 20.6 Å². The van der Waals surface area contributed by atoms with Crippen molar-refractivity contribution in [2.45, 2.75) is 51.5 Å². The largest absolute Gasteiger partial charge is 0.462 e. The molecule has 6 heteroatoms. The number of benzene rings is 1. The Morgan fingerprint density at radius 2 is 1.92 bits per heavy atom. The second-order valence-electron chi connectivity index (χ2n) is 6.49. The number of carbonyl (C=O) groups excluding carboxylic acids is 1. The van der Waals surface area contributed by atoms with Gasteiger partial charge >= 0.3 is 5.97 Å². The summed E-state index contributed by atoms with van der Waals surface area (Å²) in [6.07, 6.45) is 9.25. The standard InChI is InChI=1S/C20H26N4O2/c1-2-26-19(25)16-11-7-8-12-17(16)23-20-21-14-13-18(24-20)22-15-9-5-3-4-6-10-15/h7-8,11-15H,2-6,9-10H2,1H3,(H2,21,22,23,24). The Morgan fingerprint density at radius 3 is 2.69 bits per heavy atom. The van der Waals surface area contributed by atoms with Crippen LogP contribution in [0.4, 0.5) is 17.5 Å². The molecule has 0 saturated heterocycles. The molecular formula is C20H26N4O2. The lowest BCUT2D eigenvalue weighted by Crippen LogP contribution is -2.19. The van der Waals surface area contributed by atoms with Crippen LogP contribution in [-0.4, -0.2) is 28.6 Å². The first-order valence-corrected chi connectivity index (χ1v) is 9.39. The molecule has 26 heavy (non-hydrogen) atoms. The number of hydrogen-bond donors (Lipinski definition) is 2. The second kappa shape index (κ2) is 9.17. The average Bonchev–Trinajstić information content (AvgIpc) is 2.91. The van der Waals surface area contributed by atoms with Gasteiger partial charge in [0.05, 0.1) is 17.9 Å². The first-order valence-electron chi connectivity index (χ1n) is 9.39. The Balaban J connectivity index is 1.72. The lowest BCUT2D eigenvalue weighted by atomic mass is 10.1. The molecule has 1 aromatic carbocycles. The molecule has 1 aromatic heterocycles. The number of ether oxygens (including phenoxy) is 1. The number of hydrogen-bond acceptors (Lipinski definition) is 6. The Morgan fingerprint density at radius 1 is 1.15 bits per heavy atom. The van der Waals surface area contributed by atoms with E-state index in [1.165, 1.54) is 38.5 Å². The third kappa shape index (κ3) is 4.94. The van der Waals surface area contributed by atoms with Crippen LogP contribution in [0.5, 0.6) is 0 Å². The fraction of sp³-hybridized carbons (Fsp3) is 0.450. The van der Waals surface area contributed by atoms with Crippen molar-refractivity contribution in [2.75, 3.05) is 17.2 Å². The van der Waals surface area contributed by atoms with Crippen LogP contribution in [0.2, 0.25) is 0 Å². The molecule has 138 valence electrons. The summed E-state index contributed by atoms with van der Waals surface area (Å²) in [5.74, 6) is 0.909. The number of aromatic nitrogens is 2. The molecule has 6 nitrogen and oxygen atoms in total. The van der Waals surface area contributed by atoms with Gasteiger partial charge in [-0.1, -0.05) is 37.8 Å². The average molecular weight is 354 g/mol. The highest BCUT2D eigenvalue weighted by atomic mass is 16.5. The van der Waals surface area contributed by atoms with E-state index < -0.39 is 0 Å². The van der Waals surface area contributed by atoms with Crippen molar-refractivity contribution in [1.82, 2.24) is 9.97 Å². The molecule has 0 spiro atoms. The smallest absolute Gasteiger partial charge is 0.340 e. The van der Waals surface area contributed by atoms with Crippen molar-refractivity contribution >= 4 is 23.4 Å². The number of para-hydroxylation sites is 1. The van der Waals surface area contributed by atoms with E-state index in [1.807, 2.05) is 24.3 Å². The number of esters is 1. The maximum atomic E-state index is 12.1. The Bertz CT molecular complexity index is 727. The fourth-order valence-corrected chi connectivity index (χ4v) is 3.23. The monoisotopic (exact) mass is 354 g/mol. The van der Waals surface area contributed by atoms with Gasteiger partial charge in [0.15, 0.2) is 0 Å². The predicted octanol–water partition coefficient (Wildman–Crippen LogP) is 4.53. The Hall–Kier alpha value is -2.63. The molecule has 0 bridgehead atoms. The van der Waals surface area contributed by atoms with Gasteiger partial charge in [-0.15, -0.1) is 0 Å². The summed E-state index contributed by atoms with van der Waals surface area (Å²) in [6.45, 7) is 2.13. The molecule has 0 aliphatic heterocycles. The summed E-state index contributed by atoms with van der Waals surface area (Å²) in [7, 11) is 0. The zero-order valence-corrected chi connectivity index (χ0v) is 15.2. The molecule has 0 atom stereocenters. The van der Waals surface area contributed by atoms with E-state index >= 15 is 0 Å². The highest BCUT2D eigenvalue weighted by molar-refractivity contribution is 5.96. The molecule has 2 aromatic rings. The third-order valence-electron chi connectivity index (χ3n) is 4.53. The molecular weight excluding hydrogens is 328 g/mol. The van der Waals surface area contributed by atoms with Crippen LogP contribution < -0.4 is 10.6 Å². The number of rotatable bonds is 6. The summed E-state index contributed by atoms with van der Waals surface area (Å²) >= 11 is 0. The van der Waals surface area contributed by atoms with Crippen LogP contribution in [0.3, 0.4) is 0 Å². The van der Waals surface area contributed by atoms with Gasteiger partial charge < -0.3 is 15.4 Å². The van der Waals surface area contributed by atoms with Crippen LogP contribution in [0.1, 0.15) is 55.8 Å². The molecule has 0 radical (unpaired) electrons. The lowest BCUT2D eigenvalue weighted by Gasteiger charge is -2.17. The van der Waals surface area contributed by atoms with Crippen LogP contribution in [0.25, 0.3) is 0 Å². The van der Waals surface area contributed by atoms with E-state index in [-0.39, 0.29) is 5.97 Å². The van der Waals surface area contributed by atoms with E-state index in [0.29, 0.717) is 29.8 Å². The van der Waals surface area contributed by atoms with Gasteiger partial charge in [0.1, 0.15) is 5.82 Å². The Labute approximate surface area is 154 Å². The molecule has 1 saturated carbocycles. The van der Waals surface area contributed by atoms with Gasteiger partial charge in [-0.3, -0.25) is 0 Å². The summed E-state index contributed by atoms with van der Waals surface area (Å²) in [4.78, 5) is 20.9. The molecule has 3 rings (SSSR count). The highest BCUT2D eigenvalue weighted by Gasteiger charge is 2.14. The number of nitrogens with one attached hydrogen (secondary N) is 2. The predicted molar refractivity (Wildman–Crippen MR) is 103 cm³/mol. The molecule has 1 fully saturated rings. The highest BCUT2D eigenvalue weighted by Crippen LogP contribution is 2.22. The van der Waals surface area contributed by atoms with Gasteiger partial charge in [-0.25, -0.2) is 9.78 Å². The first-order chi connectivity index (χ1) is 12.8. The molecule has 1 aliphatic rings. The zero-order chi connectivity index (χ0) is 18.2. The van der Waals surface area contributed by atoms with E-state index in [4.69, 9.17) is 4.74 Å². The zero-order valence-electron chi connectivity index (χ0n) is 15.2. The van der Waals surface area contributed by atoms with Gasteiger partial charge in [0.25, 0.3) is 0 Å². The van der Waals surface area contributed by atoms with Crippen LogP contribution in [0.15, 0.2) is 36.5 Å². The minimum Gasteiger partial charge on any atom is -0.462 e. The topological polar surface area (TPSA) is 76.1 Å². The van der Waals surface area contributed by atoms with E-state index in [9.17, 15) is 4.79 Å². The van der Waals surface area contributed by atoms with Crippen LogP contribution in [-0.2, 0) is 4.74 Å². The number of nitrogens with zero attached hydrogens (tertiary/aromatic N) is 2. The second-order valence-corrected chi connectivity index (χ2v) is 6.49. The number of anilines is 3. The van der Waals surface area contributed by atoms with Gasteiger partial charge in [0.2, 0.25) is 5.95 Å². The maximum Gasteiger partial charge on any atom is 0.340 e. The molecule has 0 unspecified atom stereocenters. The van der Waals surface area contributed by atoms with Gasteiger partial charge in [0, 0.05) is 12.2 Å². The lowest BCUT2D eigenvalue weighted by molar-refractivity contribution is 0.0527. The molecule has 2 N–H and O–H groups in total. The van der Waals surface area contributed by atoms with Crippen molar-refractivity contribution in [3.8, 4) is 0 Å². The molecule has 1 heterocycles. The van der Waals surface area contributed by atoms with Crippen LogP contribution in [0, 0.1) is 0 Å². The number of carbonyl (C=O) groups is 1. The van der Waals surface area contributed by atoms with Crippen molar-refractivity contribution < 1.29 is 9.53 Å². The van der Waals surface area contributed by atoms with Crippen molar-refractivity contribution in [3.05, 3.63) is 42.1 Å². The quantitative estimate of drug-likeness (QED) is 0.586. The minimum atomic E-state index is -0.358. The summed E-state index contributed by atoms with van der Waals surface area (Å²) in [5, 5.41) is 6.66. The van der Waals surface area contributed by atoms with Gasteiger partial charge in [-0.2, -0.15) is 4.98 Å². The first kappa shape index (κ1) is 18.2. The molecule has 1 aliphatic carbocycles. The maximum absolute atomic E-state index is 12.1. The van der Waals surface area contributed by atoms with Crippen molar-refractivity contribution in [1.29, 1.82) is 0 Å². The van der Waals surface area contributed by atoms with E-state index in [0.717, 1.165) is 5.82 Å². The summed E-state index contributed by atoms with van der Waals surface area (Å²) in [6, 6.07) is 9.57. The third-order valence-corrected chi connectivity index (χ3v) is 4.53. The van der Waals surface area contributed by atoms with Crippen LogP contribution >= 0.6 is 0 Å². The fourth-order valence-electron chi connectivity index (χ4n) is 3.23. The van der Waals surface area contributed by atoms with Crippen molar-refractivity contribution in [2.24, 2.45) is 0 Å².